The van der Waals surface area contributed by atoms with Gasteiger partial charge < -0.3 is 0 Å². The molecule has 1 aliphatic rings. The third-order valence-corrected chi connectivity index (χ3v) is 1.96. The third kappa shape index (κ3) is 1.39. The quantitative estimate of drug-likeness (QED) is 0.351. The SMILES string of the molecule is BC[C@@H]1CC=CCC1. The molecule has 0 N–H and O–H groups in total. The van der Waals surface area contributed by atoms with Crippen LogP contribution in [-0.4, -0.2) is 7.85 Å². The second kappa shape index (κ2) is 2.96. The molecule has 44 valence electrons. The van der Waals surface area contributed by atoms with Gasteiger partial charge in [-0.05, 0) is 25.2 Å². The molecule has 0 unspecified atom stereocenters. The zero-order valence-corrected chi connectivity index (χ0v) is 5.56. The summed E-state index contributed by atoms with van der Waals surface area (Å²) in [6.45, 7) is 0. The Kier molecular flexibility index (Phi) is 2.19. The molecule has 0 fully saturated rings. The lowest BCUT2D eigenvalue weighted by Crippen LogP contribution is -2.00. The molecule has 0 aromatic rings. The monoisotopic (exact) mass is 108 g/mol. The van der Waals surface area contributed by atoms with Crippen molar-refractivity contribution in [3.8, 4) is 0 Å². The average Bonchev–Trinajstić information content (AvgIpc) is 1.90. The highest BCUT2D eigenvalue weighted by Gasteiger charge is 2.04. The van der Waals surface area contributed by atoms with Crippen molar-refractivity contribution in [3.63, 3.8) is 0 Å². The maximum atomic E-state index is 2.32. The Hall–Kier alpha value is -0.195. The van der Waals surface area contributed by atoms with Crippen molar-refractivity contribution in [1.29, 1.82) is 0 Å². The summed E-state index contributed by atoms with van der Waals surface area (Å²) in [4.78, 5) is 0. The van der Waals surface area contributed by atoms with Gasteiger partial charge in [0.2, 0.25) is 0 Å². The fraction of sp³-hybridized carbons (Fsp3) is 0.714. The van der Waals surface area contributed by atoms with Crippen LogP contribution in [0, 0.1) is 5.92 Å². The van der Waals surface area contributed by atoms with Crippen LogP contribution >= 0.6 is 0 Å². The van der Waals surface area contributed by atoms with Crippen molar-refractivity contribution in [2.24, 2.45) is 5.92 Å². The molecule has 1 rings (SSSR count). The number of allylic oxidation sites excluding steroid dienone is 2. The summed E-state index contributed by atoms with van der Waals surface area (Å²) >= 11 is 0. The van der Waals surface area contributed by atoms with E-state index < -0.39 is 0 Å². The van der Waals surface area contributed by atoms with Crippen molar-refractivity contribution in [1.82, 2.24) is 0 Å². The smallest absolute Gasteiger partial charge is 0.0885 e. The molecule has 0 bridgehead atoms. The van der Waals surface area contributed by atoms with Crippen molar-refractivity contribution < 1.29 is 0 Å². The standard InChI is InChI=1S/C7H13B/c8-6-7-4-2-1-3-5-7/h1-2,7H,3-6,8H2/t7-/m1/s1. The van der Waals surface area contributed by atoms with Crippen LogP contribution in [0.25, 0.3) is 0 Å². The summed E-state index contributed by atoms with van der Waals surface area (Å²) in [5, 5.41) is 0. The number of rotatable bonds is 1. The summed E-state index contributed by atoms with van der Waals surface area (Å²) < 4.78 is 0. The van der Waals surface area contributed by atoms with Crippen LogP contribution in [0.5, 0.6) is 0 Å². The molecule has 1 aliphatic carbocycles. The lowest BCUT2D eigenvalue weighted by atomic mass is 9.83. The Balaban J connectivity index is 2.27. The summed E-state index contributed by atoms with van der Waals surface area (Å²) in [6, 6.07) is 0. The number of hydrogen-bond acceptors (Lipinski definition) is 0. The minimum absolute atomic E-state index is 1.000. The first kappa shape index (κ1) is 5.93. The van der Waals surface area contributed by atoms with Crippen molar-refractivity contribution in [2.45, 2.75) is 25.6 Å². The normalized spacial score (nSPS) is 28.2. The molecule has 0 aromatic heterocycles. The first-order valence-corrected chi connectivity index (χ1v) is 3.58. The summed E-state index contributed by atoms with van der Waals surface area (Å²) in [6.07, 6.45) is 10.1. The van der Waals surface area contributed by atoms with Gasteiger partial charge in [-0.3, -0.25) is 0 Å². The van der Waals surface area contributed by atoms with Crippen LogP contribution in [-0.2, 0) is 0 Å². The molecule has 8 heavy (non-hydrogen) atoms. The topological polar surface area (TPSA) is 0 Å². The Morgan fingerprint density at radius 2 is 2.38 bits per heavy atom. The predicted octanol–water partition coefficient (Wildman–Crippen LogP) is 1.39. The summed E-state index contributed by atoms with van der Waals surface area (Å²) in [5.41, 5.74) is 0. The van der Waals surface area contributed by atoms with E-state index in [1.54, 1.807) is 0 Å². The third-order valence-electron chi connectivity index (χ3n) is 1.96. The molecular formula is C7H13B. The predicted molar refractivity (Wildman–Crippen MR) is 39.8 cm³/mol. The van der Waals surface area contributed by atoms with Gasteiger partial charge in [-0.25, -0.2) is 0 Å². The molecule has 0 saturated carbocycles. The van der Waals surface area contributed by atoms with Crippen LogP contribution in [0.4, 0.5) is 0 Å². The molecule has 1 heteroatoms. The highest BCUT2D eigenvalue weighted by molar-refractivity contribution is 6.08. The van der Waals surface area contributed by atoms with E-state index in [1.165, 1.54) is 25.6 Å². The summed E-state index contributed by atoms with van der Waals surface area (Å²) in [7, 11) is 2.28. The summed E-state index contributed by atoms with van der Waals surface area (Å²) in [5.74, 6) is 1.000. The molecular weight excluding hydrogens is 94.9 g/mol. The van der Waals surface area contributed by atoms with E-state index in [0.717, 1.165) is 5.92 Å². The van der Waals surface area contributed by atoms with E-state index in [9.17, 15) is 0 Å². The van der Waals surface area contributed by atoms with E-state index in [2.05, 4.69) is 20.0 Å². The highest BCUT2D eigenvalue weighted by Crippen LogP contribution is 2.19. The molecule has 1 atom stereocenters. The van der Waals surface area contributed by atoms with Gasteiger partial charge in [0.25, 0.3) is 0 Å². The molecule has 0 heterocycles. The van der Waals surface area contributed by atoms with Crippen molar-refractivity contribution in [3.05, 3.63) is 12.2 Å². The van der Waals surface area contributed by atoms with Gasteiger partial charge in [0.05, 0.1) is 0 Å². The van der Waals surface area contributed by atoms with Crippen LogP contribution < -0.4 is 0 Å². The Morgan fingerprint density at radius 1 is 1.50 bits per heavy atom. The van der Waals surface area contributed by atoms with E-state index in [-0.39, 0.29) is 0 Å². The first-order chi connectivity index (χ1) is 3.93. The van der Waals surface area contributed by atoms with Crippen molar-refractivity contribution >= 4 is 7.85 Å². The van der Waals surface area contributed by atoms with Gasteiger partial charge in [0.15, 0.2) is 0 Å². The molecule has 0 saturated heterocycles. The van der Waals surface area contributed by atoms with Crippen LogP contribution in [0.2, 0.25) is 6.32 Å². The lowest BCUT2D eigenvalue weighted by molar-refractivity contribution is 0.527. The van der Waals surface area contributed by atoms with Crippen molar-refractivity contribution in [2.75, 3.05) is 0 Å². The zero-order chi connectivity index (χ0) is 5.82. The average molecular weight is 108 g/mol. The van der Waals surface area contributed by atoms with E-state index in [4.69, 9.17) is 0 Å². The Labute approximate surface area is 52.4 Å². The molecule has 0 radical (unpaired) electrons. The second-order valence-electron chi connectivity index (χ2n) is 2.56. The minimum atomic E-state index is 1.000. The fourth-order valence-electron chi connectivity index (χ4n) is 1.23. The second-order valence-corrected chi connectivity index (χ2v) is 2.56. The number of hydrogen-bond donors (Lipinski definition) is 0. The minimum Gasteiger partial charge on any atom is -0.0885 e. The first-order valence-electron chi connectivity index (χ1n) is 3.58. The Morgan fingerprint density at radius 3 is 2.75 bits per heavy atom. The van der Waals surface area contributed by atoms with Gasteiger partial charge in [-0.2, -0.15) is 0 Å². The molecule has 0 amide bonds. The molecule has 0 aliphatic heterocycles. The van der Waals surface area contributed by atoms with Gasteiger partial charge >= 0.3 is 0 Å². The van der Waals surface area contributed by atoms with Crippen LogP contribution in [0.3, 0.4) is 0 Å². The largest absolute Gasteiger partial charge is 0.101 e. The van der Waals surface area contributed by atoms with Gasteiger partial charge in [-0.1, -0.05) is 18.5 Å². The molecule has 0 aromatic carbocycles. The highest BCUT2D eigenvalue weighted by atomic mass is 14.1. The zero-order valence-electron chi connectivity index (χ0n) is 5.56. The van der Waals surface area contributed by atoms with Gasteiger partial charge in [-0.15, -0.1) is 0 Å². The van der Waals surface area contributed by atoms with Crippen LogP contribution in [0.15, 0.2) is 12.2 Å². The maximum absolute atomic E-state index is 2.32. The molecule has 0 spiro atoms. The van der Waals surface area contributed by atoms with Crippen LogP contribution in [0.1, 0.15) is 19.3 Å². The lowest BCUT2D eigenvalue weighted by Gasteiger charge is -2.14. The van der Waals surface area contributed by atoms with E-state index in [0.29, 0.717) is 0 Å². The van der Waals surface area contributed by atoms with E-state index >= 15 is 0 Å². The van der Waals surface area contributed by atoms with Gasteiger partial charge in [0, 0.05) is 0 Å². The van der Waals surface area contributed by atoms with Gasteiger partial charge in [0.1, 0.15) is 7.85 Å². The van der Waals surface area contributed by atoms with E-state index in [1.807, 2.05) is 0 Å². The Bertz CT molecular complexity index is 86.4. The fourth-order valence-corrected chi connectivity index (χ4v) is 1.23. The maximum Gasteiger partial charge on any atom is 0.101 e. The molecule has 0 nitrogen and oxygen atoms in total.